The molecule has 0 spiro atoms. The molecule has 0 aliphatic carbocycles. The summed E-state index contributed by atoms with van der Waals surface area (Å²) in [4.78, 5) is 33.2. The molecule has 1 aliphatic rings. The number of ether oxygens (including phenoxy) is 2. The number of carbonyl (C=O) groups excluding carboxylic acids is 1. The minimum atomic E-state index is -0.213. The molecule has 1 aromatic carbocycles. The van der Waals surface area contributed by atoms with E-state index in [-0.39, 0.29) is 23.3 Å². The summed E-state index contributed by atoms with van der Waals surface area (Å²) in [6.45, 7) is 5.39. The molecule has 8 heteroatoms. The fraction of sp³-hybridized carbons (Fsp3) is 0.450. The number of carbonyl (C=O) groups is 1. The van der Waals surface area contributed by atoms with Crippen molar-refractivity contribution in [1.82, 2.24) is 14.9 Å². The number of aromatic amines is 1. The first-order chi connectivity index (χ1) is 13.6. The Labute approximate surface area is 168 Å². The van der Waals surface area contributed by atoms with Crippen LogP contribution in [-0.2, 0) is 11.2 Å². The number of aryl methyl sites for hydroxylation is 1. The smallest absolute Gasteiger partial charge is 0.251 e. The van der Waals surface area contributed by atoms with Crippen LogP contribution in [0, 0.1) is 0 Å². The maximum Gasteiger partial charge on any atom is 0.251 e. The Kier molecular flexibility index (Phi) is 6.97. The Morgan fingerprint density at radius 2 is 2.11 bits per heavy atom. The second-order valence-electron chi connectivity index (χ2n) is 6.51. The number of nitrogens with one attached hydrogen (secondary N) is 1. The summed E-state index contributed by atoms with van der Waals surface area (Å²) < 4.78 is 11.7. The average molecular weight is 404 g/mol. The second-order valence-corrected chi connectivity index (χ2v) is 7.47. The first kappa shape index (κ1) is 20.3. The van der Waals surface area contributed by atoms with Gasteiger partial charge in [0.2, 0.25) is 5.91 Å². The Bertz CT molecular complexity index is 871. The molecule has 1 amide bonds. The van der Waals surface area contributed by atoms with Gasteiger partial charge in [0.1, 0.15) is 6.61 Å². The minimum absolute atomic E-state index is 0.0292. The summed E-state index contributed by atoms with van der Waals surface area (Å²) >= 11 is 1.25. The standard InChI is InChI=1S/C20H25N3O4S/c1-3-7-14-10-18(24)22-20(21-14)28-13-19(25)23(4-2)11-15-12-26-16-8-5-6-9-17(16)27-15/h5-6,8-10,15H,3-4,7,11-13H2,1-2H3,(H,21,22,24)/t15-/m1/s1. The van der Waals surface area contributed by atoms with Gasteiger partial charge >= 0.3 is 0 Å². The van der Waals surface area contributed by atoms with Crippen LogP contribution in [0.25, 0.3) is 0 Å². The summed E-state index contributed by atoms with van der Waals surface area (Å²) in [5.41, 5.74) is 0.562. The van der Waals surface area contributed by atoms with Crippen molar-refractivity contribution in [3.8, 4) is 11.5 Å². The molecule has 0 bridgehead atoms. The largest absolute Gasteiger partial charge is 0.486 e. The third-order valence-corrected chi connectivity index (χ3v) is 5.20. The van der Waals surface area contributed by atoms with Crippen LogP contribution in [0.1, 0.15) is 26.0 Å². The molecule has 1 atom stereocenters. The number of H-pyrrole nitrogens is 1. The van der Waals surface area contributed by atoms with E-state index in [1.807, 2.05) is 38.1 Å². The van der Waals surface area contributed by atoms with Gasteiger partial charge in [-0.05, 0) is 25.5 Å². The van der Waals surface area contributed by atoms with Crippen molar-refractivity contribution in [3.63, 3.8) is 0 Å². The van der Waals surface area contributed by atoms with Crippen molar-refractivity contribution >= 4 is 17.7 Å². The highest BCUT2D eigenvalue weighted by atomic mass is 32.2. The van der Waals surface area contributed by atoms with E-state index < -0.39 is 0 Å². The van der Waals surface area contributed by atoms with Gasteiger partial charge in [-0.15, -0.1) is 0 Å². The highest BCUT2D eigenvalue weighted by Gasteiger charge is 2.24. The van der Waals surface area contributed by atoms with Crippen molar-refractivity contribution in [1.29, 1.82) is 0 Å². The van der Waals surface area contributed by atoms with Crippen LogP contribution in [0.5, 0.6) is 11.5 Å². The van der Waals surface area contributed by atoms with E-state index in [9.17, 15) is 9.59 Å². The van der Waals surface area contributed by atoms with Gasteiger partial charge in [-0.3, -0.25) is 9.59 Å². The Morgan fingerprint density at radius 3 is 2.86 bits per heavy atom. The van der Waals surface area contributed by atoms with Gasteiger partial charge < -0.3 is 19.4 Å². The third-order valence-electron chi connectivity index (χ3n) is 4.34. The highest BCUT2D eigenvalue weighted by Crippen LogP contribution is 2.31. The van der Waals surface area contributed by atoms with Crippen molar-refractivity contribution in [2.75, 3.05) is 25.4 Å². The van der Waals surface area contributed by atoms with Crippen molar-refractivity contribution in [3.05, 3.63) is 46.4 Å². The van der Waals surface area contributed by atoms with Gasteiger partial charge in [0.25, 0.3) is 5.56 Å². The van der Waals surface area contributed by atoms with Crippen LogP contribution >= 0.6 is 11.8 Å². The van der Waals surface area contributed by atoms with Crippen LogP contribution in [0.15, 0.2) is 40.3 Å². The van der Waals surface area contributed by atoms with Gasteiger partial charge in [-0.2, -0.15) is 0 Å². The molecule has 0 saturated heterocycles. The lowest BCUT2D eigenvalue weighted by molar-refractivity contribution is -0.129. The van der Waals surface area contributed by atoms with Crippen LogP contribution in [0.4, 0.5) is 0 Å². The number of thioether (sulfide) groups is 1. The molecule has 28 heavy (non-hydrogen) atoms. The number of hydrogen-bond acceptors (Lipinski definition) is 6. The number of amides is 1. The average Bonchev–Trinajstić information content (AvgIpc) is 2.70. The number of hydrogen-bond donors (Lipinski definition) is 1. The SMILES string of the molecule is CCCc1cc(=O)[nH]c(SCC(=O)N(CC)C[C@@H]2COc3ccccc3O2)n1. The monoisotopic (exact) mass is 403 g/mol. The fourth-order valence-electron chi connectivity index (χ4n) is 2.96. The molecule has 0 fully saturated rings. The quantitative estimate of drug-likeness (QED) is 0.539. The number of likely N-dealkylation sites (N-methyl/N-ethyl adjacent to an activating group) is 1. The van der Waals surface area contributed by atoms with Crippen LogP contribution in [-0.4, -0.2) is 52.3 Å². The van der Waals surface area contributed by atoms with E-state index in [0.29, 0.717) is 30.6 Å². The lowest BCUT2D eigenvalue weighted by atomic mass is 10.2. The maximum absolute atomic E-state index is 12.7. The molecule has 3 rings (SSSR count). The molecule has 1 N–H and O–H groups in total. The van der Waals surface area contributed by atoms with Gasteiger partial charge in [-0.25, -0.2) is 4.98 Å². The molecule has 0 radical (unpaired) electrons. The van der Waals surface area contributed by atoms with Crippen LogP contribution in [0.3, 0.4) is 0 Å². The summed E-state index contributed by atoms with van der Waals surface area (Å²) in [7, 11) is 0. The van der Waals surface area contributed by atoms with Gasteiger partial charge in [0.15, 0.2) is 22.8 Å². The first-order valence-electron chi connectivity index (χ1n) is 9.48. The van der Waals surface area contributed by atoms with Crippen molar-refractivity contribution in [2.45, 2.75) is 37.9 Å². The molecule has 150 valence electrons. The van der Waals surface area contributed by atoms with Gasteiger partial charge in [0, 0.05) is 18.3 Å². The number of fused-ring (bicyclic) bond motifs is 1. The predicted molar refractivity (Wildman–Crippen MR) is 108 cm³/mol. The fourth-order valence-corrected chi connectivity index (χ4v) is 3.76. The van der Waals surface area contributed by atoms with E-state index in [0.717, 1.165) is 24.3 Å². The number of para-hydroxylation sites is 2. The molecule has 1 aliphatic heterocycles. The molecule has 0 unspecified atom stereocenters. The van der Waals surface area contributed by atoms with E-state index in [1.165, 1.54) is 17.8 Å². The normalized spacial score (nSPS) is 15.3. The molecule has 0 saturated carbocycles. The lowest BCUT2D eigenvalue weighted by Crippen LogP contribution is -2.44. The predicted octanol–water partition coefficient (Wildman–Crippen LogP) is 2.50. The van der Waals surface area contributed by atoms with Crippen LogP contribution < -0.4 is 15.0 Å². The minimum Gasteiger partial charge on any atom is -0.486 e. The summed E-state index contributed by atoms with van der Waals surface area (Å²) in [6.07, 6.45) is 1.44. The molecular formula is C20H25N3O4S. The summed E-state index contributed by atoms with van der Waals surface area (Å²) in [6, 6.07) is 9.03. The first-order valence-corrected chi connectivity index (χ1v) is 10.5. The molecule has 1 aromatic heterocycles. The Balaban J connectivity index is 1.56. The zero-order chi connectivity index (χ0) is 19.9. The highest BCUT2D eigenvalue weighted by molar-refractivity contribution is 7.99. The Morgan fingerprint density at radius 1 is 1.32 bits per heavy atom. The second kappa shape index (κ2) is 9.64. The van der Waals surface area contributed by atoms with Gasteiger partial charge in [0.05, 0.1) is 12.3 Å². The summed E-state index contributed by atoms with van der Waals surface area (Å²) in [5, 5.41) is 0.478. The van der Waals surface area contributed by atoms with Crippen LogP contribution in [0.2, 0.25) is 0 Å². The number of benzene rings is 1. The number of aromatic nitrogens is 2. The third kappa shape index (κ3) is 5.28. The number of rotatable bonds is 8. The maximum atomic E-state index is 12.7. The molecule has 7 nitrogen and oxygen atoms in total. The van der Waals surface area contributed by atoms with E-state index in [4.69, 9.17) is 9.47 Å². The molecule has 2 heterocycles. The van der Waals surface area contributed by atoms with Crippen molar-refractivity contribution < 1.29 is 14.3 Å². The molecule has 2 aromatic rings. The zero-order valence-corrected chi connectivity index (χ0v) is 17.0. The lowest BCUT2D eigenvalue weighted by Gasteiger charge is -2.30. The van der Waals surface area contributed by atoms with E-state index in [1.54, 1.807) is 4.90 Å². The topological polar surface area (TPSA) is 84.5 Å². The van der Waals surface area contributed by atoms with E-state index >= 15 is 0 Å². The van der Waals surface area contributed by atoms with Gasteiger partial charge in [-0.1, -0.05) is 37.2 Å². The number of nitrogens with zero attached hydrogens (tertiary/aromatic N) is 2. The summed E-state index contributed by atoms with van der Waals surface area (Å²) in [5.74, 6) is 1.60. The zero-order valence-electron chi connectivity index (χ0n) is 16.1. The molecular weight excluding hydrogens is 378 g/mol. The van der Waals surface area contributed by atoms with Crippen molar-refractivity contribution in [2.24, 2.45) is 0 Å². The Hall–Kier alpha value is -2.48. The van der Waals surface area contributed by atoms with E-state index in [2.05, 4.69) is 9.97 Å².